The van der Waals surface area contributed by atoms with Crippen LogP contribution in [0.3, 0.4) is 0 Å². The standard InChI is InChI=1S/C26H31N7O2S/c1-19-17-32(14-12-27-19)23-7-5-22(6-8-23)30-26-29-16-20-9-13-33(25(20)31-26)18-21-4-3-11-28-24(21)10-15-36(2,34)35/h3-9,11,13,16,19,27H,10,12,14-15,17-18H2,1-2H3,(H,29,30,31)/t19-/m0/s1. The Morgan fingerprint density at radius 2 is 1.97 bits per heavy atom. The maximum absolute atomic E-state index is 11.6. The highest BCUT2D eigenvalue weighted by Gasteiger charge is 2.16. The molecule has 1 aliphatic heterocycles. The van der Waals surface area contributed by atoms with E-state index in [9.17, 15) is 8.42 Å². The van der Waals surface area contributed by atoms with Crippen molar-refractivity contribution in [2.45, 2.75) is 25.9 Å². The van der Waals surface area contributed by atoms with Crippen LogP contribution in [0.4, 0.5) is 17.3 Å². The Balaban J connectivity index is 1.32. The van der Waals surface area contributed by atoms with Crippen LogP contribution in [0.1, 0.15) is 18.2 Å². The van der Waals surface area contributed by atoms with Crippen LogP contribution in [0.25, 0.3) is 11.0 Å². The minimum atomic E-state index is -3.06. The average Bonchev–Trinajstić information content (AvgIpc) is 3.25. The molecule has 36 heavy (non-hydrogen) atoms. The van der Waals surface area contributed by atoms with Gasteiger partial charge in [-0.2, -0.15) is 4.98 Å². The number of hydrogen-bond donors (Lipinski definition) is 2. The fourth-order valence-corrected chi connectivity index (χ4v) is 5.08. The lowest BCUT2D eigenvalue weighted by molar-refractivity contribution is 0.485. The zero-order valence-corrected chi connectivity index (χ0v) is 21.4. The van der Waals surface area contributed by atoms with Gasteiger partial charge in [0.2, 0.25) is 5.95 Å². The Morgan fingerprint density at radius 3 is 2.75 bits per heavy atom. The van der Waals surface area contributed by atoms with E-state index in [-0.39, 0.29) is 5.75 Å². The highest BCUT2D eigenvalue weighted by Crippen LogP contribution is 2.23. The van der Waals surface area contributed by atoms with Gasteiger partial charge in [0.25, 0.3) is 0 Å². The lowest BCUT2D eigenvalue weighted by Crippen LogP contribution is -2.49. The van der Waals surface area contributed by atoms with Crippen LogP contribution >= 0.6 is 0 Å². The number of pyridine rings is 1. The van der Waals surface area contributed by atoms with E-state index in [0.717, 1.165) is 47.6 Å². The van der Waals surface area contributed by atoms with Crippen LogP contribution in [0.15, 0.2) is 61.1 Å². The maximum atomic E-state index is 11.6. The SMILES string of the molecule is C[C@H]1CN(c2ccc(Nc3ncc4ccn(Cc5cccnc5CCS(C)(=O)=O)c4n3)cc2)CCN1. The molecule has 1 atom stereocenters. The van der Waals surface area contributed by atoms with Gasteiger partial charge in [-0.25, -0.2) is 13.4 Å². The number of aromatic nitrogens is 4. The molecule has 4 aromatic rings. The van der Waals surface area contributed by atoms with Crippen molar-refractivity contribution in [3.63, 3.8) is 0 Å². The van der Waals surface area contributed by atoms with Crippen molar-refractivity contribution in [3.05, 3.63) is 72.3 Å². The van der Waals surface area contributed by atoms with E-state index in [0.29, 0.717) is 25.0 Å². The van der Waals surface area contributed by atoms with Gasteiger partial charge in [0.05, 0.1) is 12.3 Å². The molecule has 9 nitrogen and oxygen atoms in total. The van der Waals surface area contributed by atoms with Crippen LogP contribution in [0.5, 0.6) is 0 Å². The first-order valence-electron chi connectivity index (χ1n) is 12.1. The lowest BCUT2D eigenvalue weighted by atomic mass is 10.1. The first-order chi connectivity index (χ1) is 17.3. The minimum Gasteiger partial charge on any atom is -0.369 e. The van der Waals surface area contributed by atoms with Gasteiger partial charge in [0.1, 0.15) is 15.5 Å². The number of anilines is 3. The Bertz CT molecular complexity index is 1450. The fourth-order valence-electron chi connectivity index (χ4n) is 4.52. The second kappa shape index (κ2) is 10.2. The third kappa shape index (κ3) is 5.83. The number of hydrogen-bond acceptors (Lipinski definition) is 8. The van der Waals surface area contributed by atoms with Gasteiger partial charge in [0, 0.05) is 79.4 Å². The first-order valence-corrected chi connectivity index (χ1v) is 14.2. The molecule has 0 bridgehead atoms. The van der Waals surface area contributed by atoms with E-state index in [1.807, 2.05) is 35.2 Å². The predicted molar refractivity (Wildman–Crippen MR) is 144 cm³/mol. The first kappa shape index (κ1) is 24.2. The largest absolute Gasteiger partial charge is 0.369 e. The van der Waals surface area contributed by atoms with Gasteiger partial charge in [-0.15, -0.1) is 0 Å². The topological polar surface area (TPSA) is 105 Å². The van der Waals surface area contributed by atoms with Crippen LogP contribution in [0, 0.1) is 0 Å². The molecule has 0 aliphatic carbocycles. The number of piperazine rings is 1. The molecule has 0 spiro atoms. The Kier molecular flexibility index (Phi) is 6.88. The summed E-state index contributed by atoms with van der Waals surface area (Å²) in [5.41, 5.74) is 4.70. The van der Waals surface area contributed by atoms with E-state index < -0.39 is 9.84 Å². The molecule has 4 heterocycles. The molecular formula is C26H31N7O2S. The zero-order valence-electron chi connectivity index (χ0n) is 20.6. The third-order valence-electron chi connectivity index (χ3n) is 6.39. The molecule has 5 rings (SSSR count). The summed E-state index contributed by atoms with van der Waals surface area (Å²) in [6.45, 7) is 5.74. The minimum absolute atomic E-state index is 0.0755. The highest BCUT2D eigenvalue weighted by atomic mass is 32.2. The molecule has 0 amide bonds. The Morgan fingerprint density at radius 1 is 1.14 bits per heavy atom. The van der Waals surface area contributed by atoms with Crippen molar-refractivity contribution < 1.29 is 8.42 Å². The highest BCUT2D eigenvalue weighted by molar-refractivity contribution is 7.90. The molecule has 1 aromatic carbocycles. The smallest absolute Gasteiger partial charge is 0.229 e. The molecule has 0 saturated carbocycles. The van der Waals surface area contributed by atoms with Crippen molar-refractivity contribution in [1.29, 1.82) is 0 Å². The molecule has 0 unspecified atom stereocenters. The molecule has 0 radical (unpaired) electrons. The number of nitrogens with zero attached hydrogens (tertiary/aromatic N) is 5. The summed E-state index contributed by atoms with van der Waals surface area (Å²) in [5.74, 6) is 0.598. The van der Waals surface area contributed by atoms with E-state index in [4.69, 9.17) is 4.98 Å². The number of nitrogens with one attached hydrogen (secondary N) is 2. The van der Waals surface area contributed by atoms with Crippen LogP contribution in [-0.2, 0) is 22.8 Å². The summed E-state index contributed by atoms with van der Waals surface area (Å²) in [6.07, 6.45) is 7.12. The summed E-state index contributed by atoms with van der Waals surface area (Å²) in [7, 11) is -3.06. The lowest BCUT2D eigenvalue weighted by Gasteiger charge is -2.33. The Hall–Kier alpha value is -3.50. The number of fused-ring (bicyclic) bond motifs is 1. The van der Waals surface area contributed by atoms with Gasteiger partial charge in [-0.3, -0.25) is 4.98 Å². The van der Waals surface area contributed by atoms with Crippen molar-refractivity contribution in [2.75, 3.05) is 41.9 Å². The number of rotatable bonds is 8. The molecule has 2 N–H and O–H groups in total. The summed E-state index contributed by atoms with van der Waals surface area (Å²) < 4.78 is 25.3. The quantitative estimate of drug-likeness (QED) is 0.377. The van der Waals surface area contributed by atoms with E-state index in [2.05, 4.69) is 56.7 Å². The molecule has 1 aliphatic rings. The van der Waals surface area contributed by atoms with Gasteiger partial charge < -0.3 is 20.1 Å². The molecule has 1 saturated heterocycles. The van der Waals surface area contributed by atoms with Crippen molar-refractivity contribution >= 4 is 38.2 Å². The van der Waals surface area contributed by atoms with Crippen LogP contribution in [-0.4, -0.2) is 65.6 Å². The normalized spacial score (nSPS) is 16.4. The molecule has 1 fully saturated rings. The number of sulfone groups is 1. The Labute approximate surface area is 211 Å². The monoisotopic (exact) mass is 505 g/mol. The second-order valence-electron chi connectivity index (χ2n) is 9.38. The molecule has 188 valence electrons. The predicted octanol–water partition coefficient (Wildman–Crippen LogP) is 3.00. The second-order valence-corrected chi connectivity index (χ2v) is 11.6. The summed E-state index contributed by atoms with van der Waals surface area (Å²) in [6, 6.07) is 14.7. The summed E-state index contributed by atoms with van der Waals surface area (Å²) in [4.78, 5) is 16.1. The van der Waals surface area contributed by atoms with Gasteiger partial charge >= 0.3 is 0 Å². The van der Waals surface area contributed by atoms with Crippen LogP contribution in [0.2, 0.25) is 0 Å². The van der Waals surface area contributed by atoms with E-state index in [1.165, 1.54) is 11.9 Å². The molecular weight excluding hydrogens is 474 g/mol. The zero-order chi connectivity index (χ0) is 25.1. The van der Waals surface area contributed by atoms with Gasteiger partial charge in [0.15, 0.2) is 0 Å². The molecule has 3 aromatic heterocycles. The van der Waals surface area contributed by atoms with Gasteiger partial charge in [-0.1, -0.05) is 6.07 Å². The molecule has 10 heteroatoms. The third-order valence-corrected chi connectivity index (χ3v) is 7.34. The number of benzene rings is 1. The summed E-state index contributed by atoms with van der Waals surface area (Å²) >= 11 is 0. The van der Waals surface area contributed by atoms with E-state index >= 15 is 0 Å². The van der Waals surface area contributed by atoms with Gasteiger partial charge in [-0.05, 0) is 48.9 Å². The van der Waals surface area contributed by atoms with E-state index in [1.54, 1.807) is 6.20 Å². The average molecular weight is 506 g/mol. The van der Waals surface area contributed by atoms with Crippen molar-refractivity contribution in [3.8, 4) is 0 Å². The summed E-state index contributed by atoms with van der Waals surface area (Å²) in [5, 5.41) is 7.73. The van der Waals surface area contributed by atoms with Crippen molar-refractivity contribution in [2.24, 2.45) is 0 Å². The van der Waals surface area contributed by atoms with Crippen molar-refractivity contribution in [1.82, 2.24) is 24.8 Å². The number of aryl methyl sites for hydroxylation is 1. The fraction of sp³-hybridized carbons (Fsp3) is 0.346. The maximum Gasteiger partial charge on any atom is 0.229 e. The van der Waals surface area contributed by atoms with Crippen LogP contribution < -0.4 is 15.5 Å².